The zero-order chi connectivity index (χ0) is 32.7. The number of hydrogen-bond acceptors (Lipinski definition) is 18. The predicted molar refractivity (Wildman–Crippen MR) is 160 cm³/mol. The van der Waals surface area contributed by atoms with E-state index >= 15 is 0 Å². The molecule has 248 valence electrons. The summed E-state index contributed by atoms with van der Waals surface area (Å²) in [6.07, 6.45) is -9.62. The van der Waals surface area contributed by atoms with Crippen molar-refractivity contribution in [2.75, 3.05) is 24.7 Å². The van der Waals surface area contributed by atoms with E-state index in [9.17, 15) is 28.9 Å². The lowest BCUT2D eigenvalue weighted by molar-refractivity contribution is -0.198. The minimum Gasteiger partial charge on any atom is -0.386 e. The average Bonchev–Trinajstić information content (AvgIpc) is 3.65. The Morgan fingerprint density at radius 1 is 0.804 bits per heavy atom. The van der Waals surface area contributed by atoms with Gasteiger partial charge in [0.15, 0.2) is 34.8 Å². The highest BCUT2D eigenvalue weighted by atomic mass is 32.7. The fraction of sp³-hybridized carbons (Fsp3) is 0.500. The topological polar surface area (TPSA) is 309 Å². The molecule has 4 aromatic rings. The van der Waals surface area contributed by atoms with E-state index in [4.69, 9.17) is 39.0 Å². The van der Waals surface area contributed by atoms with Gasteiger partial charge < -0.3 is 31.2 Å². The number of imidazole rings is 2. The Hall–Kier alpha value is -2.86. The Morgan fingerprint density at radius 3 is 1.93 bits per heavy atom. The summed E-state index contributed by atoms with van der Waals surface area (Å²) in [6, 6.07) is 0. The number of aromatic amines is 2. The summed E-state index contributed by atoms with van der Waals surface area (Å²) in [4.78, 5) is 45.2. The number of aliphatic hydroxyl groups is 2. The first-order valence-electron chi connectivity index (χ1n) is 13.1. The van der Waals surface area contributed by atoms with Gasteiger partial charge in [0.2, 0.25) is 11.9 Å². The molecule has 3 saturated heterocycles. The molecule has 26 heteroatoms. The highest BCUT2D eigenvalue weighted by Crippen LogP contribution is 2.61. The van der Waals surface area contributed by atoms with Crippen molar-refractivity contribution in [3.63, 3.8) is 0 Å². The highest BCUT2D eigenvalue weighted by Gasteiger charge is 2.53. The van der Waals surface area contributed by atoms with Crippen molar-refractivity contribution in [3.05, 3.63) is 33.4 Å². The standard InChI is InChI=1S/C20H24N10O12P2S2/c21-19-25-13-7(15(33)27-19)23-3-29(13)17-9(31)12-6(1-37-17)40-44(36,46)42-11-5(2-38-43(35,45)41-12)39-18(10(11)32)30-4-24-8-14(30)26-20(22)28-16(8)34/h3-6,9-12,17-18,31-32H,1-2H2,(H,35,45)(H,36,46)(H3,21,25,27,33)(H3,22,26,28,34)/t5-,6?,9?,10?,11?,12?,17-,18?,43-,44+/m1/s1. The Morgan fingerprint density at radius 2 is 1.33 bits per heavy atom. The van der Waals surface area contributed by atoms with Crippen LogP contribution >= 0.6 is 38.1 Å². The van der Waals surface area contributed by atoms with Crippen LogP contribution in [0.15, 0.2) is 22.2 Å². The van der Waals surface area contributed by atoms with Gasteiger partial charge in [-0.05, 0) is 0 Å². The van der Waals surface area contributed by atoms with Crippen molar-refractivity contribution in [1.82, 2.24) is 39.0 Å². The molecule has 0 bridgehead atoms. The van der Waals surface area contributed by atoms with Crippen molar-refractivity contribution >= 4 is 72.3 Å². The molecule has 0 aromatic carbocycles. The number of hydrogen-bond donors (Lipinski definition) is 8. The van der Waals surface area contributed by atoms with E-state index in [1.54, 1.807) is 0 Å². The molecule has 6 unspecified atom stereocenters. The third kappa shape index (κ3) is 5.56. The maximum atomic E-state index is 13.6. The molecule has 7 heterocycles. The fourth-order valence-corrected chi connectivity index (χ4v) is 8.73. The third-order valence-corrected chi connectivity index (χ3v) is 10.6. The van der Waals surface area contributed by atoms with Crippen LogP contribution in [0.3, 0.4) is 0 Å². The fourth-order valence-electron chi connectivity index (χ4n) is 5.41. The van der Waals surface area contributed by atoms with E-state index in [0.717, 1.165) is 12.7 Å². The highest BCUT2D eigenvalue weighted by molar-refractivity contribution is 8.44. The molecule has 4 aromatic heterocycles. The number of ether oxygens (including phenoxy) is 2. The van der Waals surface area contributed by atoms with E-state index < -0.39 is 87.0 Å². The molecule has 0 saturated carbocycles. The van der Waals surface area contributed by atoms with Crippen LogP contribution in [0.25, 0.3) is 22.3 Å². The van der Waals surface area contributed by atoms with Crippen LogP contribution < -0.4 is 22.6 Å². The van der Waals surface area contributed by atoms with Gasteiger partial charge in [0.1, 0.15) is 36.6 Å². The third-order valence-electron chi connectivity index (χ3n) is 7.37. The minimum atomic E-state index is -4.48. The maximum Gasteiger partial charge on any atom is 0.387 e. The number of anilines is 2. The molecule has 0 aliphatic carbocycles. The first-order valence-corrected chi connectivity index (χ1v) is 18.5. The summed E-state index contributed by atoms with van der Waals surface area (Å²) < 4.78 is 63.5. The Balaban J connectivity index is 1.18. The van der Waals surface area contributed by atoms with Gasteiger partial charge in [-0.15, -0.1) is 0 Å². The van der Waals surface area contributed by atoms with Crippen molar-refractivity contribution in [2.24, 2.45) is 0 Å². The van der Waals surface area contributed by atoms with Gasteiger partial charge in [-0.2, -0.15) is 9.97 Å². The SMILES string of the molecule is Nc1nc2c(ncn2C2O[C@@H]3CO[P@@](=O)(S)OC4C(CO[C@@H](n5cnc6c(=O)[nH]c(N)nc65)C4O)O[P@](=O)(S)OC3C2O)c(=O)[nH]1. The monoisotopic (exact) mass is 722 g/mol. The van der Waals surface area contributed by atoms with Gasteiger partial charge in [0.05, 0.1) is 25.9 Å². The van der Waals surface area contributed by atoms with E-state index in [0.29, 0.717) is 0 Å². The molecule has 7 rings (SSSR count). The zero-order valence-corrected chi connectivity index (χ0v) is 26.4. The first kappa shape index (κ1) is 31.7. The van der Waals surface area contributed by atoms with Gasteiger partial charge in [0, 0.05) is 0 Å². The summed E-state index contributed by atoms with van der Waals surface area (Å²) in [6.45, 7) is -9.96. The summed E-state index contributed by atoms with van der Waals surface area (Å²) in [5.41, 5.74) is 9.74. The van der Waals surface area contributed by atoms with E-state index in [2.05, 4.69) is 54.4 Å². The first-order chi connectivity index (χ1) is 21.7. The summed E-state index contributed by atoms with van der Waals surface area (Å²) >= 11 is 8.10. The molecule has 22 nitrogen and oxygen atoms in total. The van der Waals surface area contributed by atoms with Gasteiger partial charge in [-0.1, -0.05) is 24.5 Å². The molecule has 3 aliphatic rings. The molecular formula is C20H24N10O12P2S2. The van der Waals surface area contributed by atoms with Crippen LogP contribution in [-0.2, 0) is 36.7 Å². The number of nitrogen functional groups attached to an aromatic ring is 2. The largest absolute Gasteiger partial charge is 0.387 e. The number of nitrogens with two attached hydrogens (primary N) is 2. The quantitative estimate of drug-likeness (QED) is 0.0892. The summed E-state index contributed by atoms with van der Waals surface area (Å²) in [5, 5.41) is 22.6. The van der Waals surface area contributed by atoms with Crippen molar-refractivity contribution in [3.8, 4) is 0 Å². The molecule has 8 N–H and O–H groups in total. The van der Waals surface area contributed by atoms with Gasteiger partial charge in [0.25, 0.3) is 11.1 Å². The number of thiol groups is 2. The number of nitrogens with one attached hydrogen (secondary N) is 2. The molecule has 0 spiro atoms. The van der Waals surface area contributed by atoms with Crippen molar-refractivity contribution in [1.29, 1.82) is 0 Å². The van der Waals surface area contributed by atoms with Crippen LogP contribution in [0.2, 0.25) is 0 Å². The van der Waals surface area contributed by atoms with Gasteiger partial charge in [-0.25, -0.2) is 19.1 Å². The molecule has 0 amide bonds. The normalized spacial score (nSPS) is 37.1. The van der Waals surface area contributed by atoms with Crippen molar-refractivity contribution < 1.29 is 46.9 Å². The van der Waals surface area contributed by atoms with E-state index in [1.807, 2.05) is 0 Å². The van der Waals surface area contributed by atoms with Crippen LogP contribution in [0, 0.1) is 0 Å². The van der Waals surface area contributed by atoms with Crippen LogP contribution in [-0.4, -0.2) is 99.1 Å². The minimum absolute atomic E-state index is 0.0425. The molecule has 46 heavy (non-hydrogen) atoms. The van der Waals surface area contributed by atoms with Gasteiger partial charge in [-0.3, -0.25) is 46.8 Å². The molecule has 10 atom stereocenters. The second-order valence-electron chi connectivity index (χ2n) is 10.3. The molecular weight excluding hydrogens is 698 g/mol. The molecule has 0 radical (unpaired) electrons. The van der Waals surface area contributed by atoms with E-state index in [1.165, 1.54) is 9.13 Å². The second kappa shape index (κ2) is 11.4. The van der Waals surface area contributed by atoms with Crippen LogP contribution in [0.4, 0.5) is 11.9 Å². The average molecular weight is 723 g/mol. The lowest BCUT2D eigenvalue weighted by Gasteiger charge is -2.40. The number of H-pyrrole nitrogens is 2. The maximum absolute atomic E-state index is 13.6. The lowest BCUT2D eigenvalue weighted by atomic mass is 10.0. The van der Waals surface area contributed by atoms with Crippen LogP contribution in [0.5, 0.6) is 0 Å². The zero-order valence-electron chi connectivity index (χ0n) is 22.8. The summed E-state index contributed by atoms with van der Waals surface area (Å²) in [5.74, 6) is -0.460. The number of rotatable bonds is 2. The smallest absolute Gasteiger partial charge is 0.386 e. The van der Waals surface area contributed by atoms with Crippen LogP contribution in [0.1, 0.15) is 12.5 Å². The lowest BCUT2D eigenvalue weighted by Crippen LogP contribution is -2.52. The van der Waals surface area contributed by atoms with Gasteiger partial charge >= 0.3 is 13.6 Å². The second-order valence-corrected chi connectivity index (χ2v) is 16.0. The summed E-state index contributed by atoms with van der Waals surface area (Å²) in [7, 11) is 0. The van der Waals surface area contributed by atoms with Crippen molar-refractivity contribution in [2.45, 2.75) is 49.1 Å². The number of aromatic nitrogens is 8. The molecule has 3 aliphatic heterocycles. The molecule has 3 fully saturated rings. The van der Waals surface area contributed by atoms with E-state index in [-0.39, 0.29) is 34.2 Å². The Labute approximate surface area is 265 Å². The number of aliphatic hydroxyl groups excluding tert-OH is 2. The predicted octanol–water partition coefficient (Wildman–Crippen LogP) is -1.17. The number of fused-ring (bicyclic) bond motifs is 4. The Kier molecular flexibility index (Phi) is 7.85. The number of nitrogens with zero attached hydrogens (tertiary/aromatic N) is 6. The Bertz CT molecular complexity index is 1960.